The number of hydrogen-bond donors (Lipinski definition) is 2. The van der Waals surface area contributed by atoms with Gasteiger partial charge >= 0.3 is 0 Å². The number of carbonyl (C=O) groups is 1. The van der Waals surface area contributed by atoms with Crippen LogP contribution in [0.1, 0.15) is 25.6 Å². The van der Waals surface area contributed by atoms with Gasteiger partial charge in [0.05, 0.1) is 0 Å². The monoisotopic (exact) mass is 340 g/mol. The number of imidazole rings is 1. The van der Waals surface area contributed by atoms with Gasteiger partial charge in [-0.25, -0.2) is 9.37 Å². The van der Waals surface area contributed by atoms with E-state index >= 15 is 0 Å². The van der Waals surface area contributed by atoms with Gasteiger partial charge in [0.25, 0.3) is 0 Å². The van der Waals surface area contributed by atoms with Gasteiger partial charge in [-0.15, -0.1) is 24.8 Å². The molecular weight excluding hydrogens is 318 g/mol. The minimum atomic E-state index is -0.778. The molecule has 122 valence electrons. The lowest BCUT2D eigenvalue weighted by Gasteiger charge is -2.12. The first-order valence-corrected chi connectivity index (χ1v) is 6.83. The molecule has 1 saturated heterocycles. The van der Waals surface area contributed by atoms with Crippen LogP contribution in [0.3, 0.4) is 0 Å². The molecule has 0 saturated carbocycles. The predicted octanol–water partition coefficient (Wildman–Crippen LogP) is 1.50. The normalized spacial score (nSPS) is 20.5. The van der Waals surface area contributed by atoms with Gasteiger partial charge in [-0.2, -0.15) is 0 Å². The van der Waals surface area contributed by atoms with Crippen LogP contribution < -0.4 is 10.6 Å². The second-order valence-corrected chi connectivity index (χ2v) is 4.88. The molecule has 5 nitrogen and oxygen atoms in total. The molecule has 0 spiro atoms. The van der Waals surface area contributed by atoms with Crippen LogP contribution in [-0.4, -0.2) is 40.8 Å². The molecule has 0 aliphatic carbocycles. The first-order valence-electron chi connectivity index (χ1n) is 6.83. The molecule has 2 N–H and O–H groups in total. The summed E-state index contributed by atoms with van der Waals surface area (Å²) in [5.74, 6) is 0.991. The summed E-state index contributed by atoms with van der Waals surface area (Å²) in [7, 11) is 0. The zero-order valence-corrected chi connectivity index (χ0v) is 13.7. The highest BCUT2D eigenvalue weighted by molar-refractivity contribution is 5.85. The van der Waals surface area contributed by atoms with Crippen LogP contribution in [0.25, 0.3) is 0 Å². The van der Waals surface area contributed by atoms with E-state index in [0.717, 1.165) is 12.2 Å². The molecule has 2 rings (SSSR count). The van der Waals surface area contributed by atoms with E-state index in [9.17, 15) is 9.18 Å². The van der Waals surface area contributed by atoms with Gasteiger partial charge in [0.15, 0.2) is 0 Å². The highest BCUT2D eigenvalue weighted by atomic mass is 35.5. The van der Waals surface area contributed by atoms with Crippen LogP contribution >= 0.6 is 24.8 Å². The second-order valence-electron chi connectivity index (χ2n) is 4.88. The fourth-order valence-electron chi connectivity index (χ4n) is 2.33. The van der Waals surface area contributed by atoms with E-state index in [1.54, 1.807) is 6.20 Å². The van der Waals surface area contributed by atoms with Gasteiger partial charge in [-0.1, -0.05) is 6.92 Å². The third-order valence-electron chi connectivity index (χ3n) is 3.41. The Morgan fingerprint density at radius 2 is 2.33 bits per heavy atom. The van der Waals surface area contributed by atoms with E-state index < -0.39 is 6.17 Å². The summed E-state index contributed by atoms with van der Waals surface area (Å²) < 4.78 is 14.9. The second kappa shape index (κ2) is 9.97. The Morgan fingerprint density at radius 3 is 2.95 bits per heavy atom. The van der Waals surface area contributed by atoms with Crippen molar-refractivity contribution in [1.82, 2.24) is 20.2 Å². The summed E-state index contributed by atoms with van der Waals surface area (Å²) in [5.41, 5.74) is 0. The molecule has 1 amide bonds. The Morgan fingerprint density at radius 1 is 1.57 bits per heavy atom. The molecule has 1 aliphatic heterocycles. The Bertz CT molecular complexity index is 430. The summed E-state index contributed by atoms with van der Waals surface area (Å²) >= 11 is 0. The molecule has 2 atom stereocenters. The summed E-state index contributed by atoms with van der Waals surface area (Å²) in [6.07, 6.45) is 4.63. The average Bonchev–Trinajstić information content (AvgIpc) is 3.02. The lowest BCUT2D eigenvalue weighted by Crippen LogP contribution is -2.37. The van der Waals surface area contributed by atoms with Crippen molar-refractivity contribution in [1.29, 1.82) is 0 Å². The maximum Gasteiger partial charge on any atom is 0.221 e. The van der Waals surface area contributed by atoms with E-state index in [1.165, 1.54) is 0 Å². The molecule has 0 bridgehead atoms. The number of alkyl halides is 1. The van der Waals surface area contributed by atoms with Gasteiger partial charge in [0, 0.05) is 50.9 Å². The van der Waals surface area contributed by atoms with Crippen molar-refractivity contribution in [2.24, 2.45) is 0 Å². The molecule has 1 aromatic rings. The molecule has 21 heavy (non-hydrogen) atoms. The van der Waals surface area contributed by atoms with Gasteiger partial charge in [-0.3, -0.25) is 4.79 Å². The maximum atomic E-state index is 12.9. The van der Waals surface area contributed by atoms with Crippen LogP contribution in [0.4, 0.5) is 4.39 Å². The molecule has 0 radical (unpaired) electrons. The summed E-state index contributed by atoms with van der Waals surface area (Å²) in [6, 6.07) is 0.0680. The van der Waals surface area contributed by atoms with Crippen molar-refractivity contribution in [2.45, 2.75) is 44.9 Å². The first kappa shape index (κ1) is 20.1. The molecule has 1 aromatic heterocycles. The summed E-state index contributed by atoms with van der Waals surface area (Å²) in [5, 5.41) is 5.89. The van der Waals surface area contributed by atoms with E-state index in [2.05, 4.69) is 15.6 Å². The lowest BCUT2D eigenvalue weighted by molar-refractivity contribution is -0.121. The Balaban J connectivity index is 0.00000200. The van der Waals surface area contributed by atoms with E-state index in [-0.39, 0.29) is 36.8 Å². The van der Waals surface area contributed by atoms with Gasteiger partial charge in [0.2, 0.25) is 5.91 Å². The number of hydrogen-bond acceptors (Lipinski definition) is 3. The average molecular weight is 341 g/mol. The fourth-order valence-corrected chi connectivity index (χ4v) is 2.33. The van der Waals surface area contributed by atoms with Crippen LogP contribution in [0, 0.1) is 0 Å². The zero-order valence-electron chi connectivity index (χ0n) is 12.0. The highest BCUT2D eigenvalue weighted by Gasteiger charge is 2.23. The number of aromatic nitrogens is 2. The maximum absolute atomic E-state index is 12.9. The summed E-state index contributed by atoms with van der Waals surface area (Å²) in [4.78, 5) is 15.9. The minimum Gasteiger partial charge on any atom is -0.354 e. The van der Waals surface area contributed by atoms with Crippen LogP contribution in [0.2, 0.25) is 0 Å². The van der Waals surface area contributed by atoms with Gasteiger partial charge in [0.1, 0.15) is 12.0 Å². The molecule has 2 heterocycles. The fraction of sp³-hybridized carbons (Fsp3) is 0.692. The molecule has 1 fully saturated rings. The lowest BCUT2D eigenvalue weighted by atomic mass is 10.2. The van der Waals surface area contributed by atoms with Crippen molar-refractivity contribution in [3.63, 3.8) is 0 Å². The molecular formula is C13H23Cl2FN4O. The molecule has 8 heteroatoms. The van der Waals surface area contributed by atoms with Crippen molar-refractivity contribution < 1.29 is 9.18 Å². The van der Waals surface area contributed by atoms with E-state index in [4.69, 9.17) is 0 Å². The molecule has 0 unspecified atom stereocenters. The summed E-state index contributed by atoms with van der Waals surface area (Å²) in [6.45, 7) is 3.58. The van der Waals surface area contributed by atoms with Crippen molar-refractivity contribution in [2.75, 3.05) is 13.1 Å². The minimum absolute atomic E-state index is 0. The van der Waals surface area contributed by atoms with Crippen molar-refractivity contribution in [3.8, 4) is 0 Å². The van der Waals surface area contributed by atoms with Crippen LogP contribution in [0.15, 0.2) is 12.4 Å². The van der Waals surface area contributed by atoms with Gasteiger partial charge < -0.3 is 15.2 Å². The smallest absolute Gasteiger partial charge is 0.221 e. The molecule has 1 aliphatic rings. The first-order chi connectivity index (χ1) is 9.19. The van der Waals surface area contributed by atoms with E-state index in [0.29, 0.717) is 32.5 Å². The van der Waals surface area contributed by atoms with Crippen molar-refractivity contribution >= 4 is 30.7 Å². The highest BCUT2D eigenvalue weighted by Crippen LogP contribution is 2.08. The number of nitrogens with one attached hydrogen (secondary N) is 2. The standard InChI is InChI=1S/C13H21FN4O.2ClH/c1-2-12-15-4-6-18(12)5-3-13(19)17-9-11-7-10(14)8-16-11;;/h4,6,10-11,16H,2-3,5,7-9H2,1H3,(H,17,19);2*1H/t10-,11-;;/m0../s1. The number of amides is 1. The number of rotatable bonds is 6. The third-order valence-corrected chi connectivity index (χ3v) is 3.41. The Hall–Kier alpha value is -0.850. The van der Waals surface area contributed by atoms with E-state index in [1.807, 2.05) is 17.7 Å². The largest absolute Gasteiger partial charge is 0.354 e. The number of carbonyl (C=O) groups excluding carboxylic acids is 1. The third kappa shape index (κ3) is 6.20. The Kier molecular flexibility index (Phi) is 9.57. The van der Waals surface area contributed by atoms with Crippen LogP contribution in [-0.2, 0) is 17.8 Å². The quantitative estimate of drug-likeness (QED) is 0.824. The topological polar surface area (TPSA) is 59.0 Å². The van der Waals surface area contributed by atoms with Gasteiger partial charge in [-0.05, 0) is 6.42 Å². The van der Waals surface area contributed by atoms with Crippen molar-refractivity contribution in [3.05, 3.63) is 18.2 Å². The predicted molar refractivity (Wildman–Crippen MR) is 85.0 cm³/mol. The number of halogens is 3. The number of aryl methyl sites for hydroxylation is 2. The zero-order chi connectivity index (χ0) is 13.7. The number of nitrogens with zero attached hydrogens (tertiary/aromatic N) is 2. The van der Waals surface area contributed by atoms with Crippen LogP contribution in [0.5, 0.6) is 0 Å². The molecule has 0 aromatic carbocycles. The Labute approximate surface area is 136 Å². The SMILES string of the molecule is CCc1nccn1CCC(=O)NC[C@@H]1C[C@H](F)CN1.Cl.Cl.